The van der Waals surface area contributed by atoms with E-state index < -0.39 is 15.9 Å². The van der Waals surface area contributed by atoms with Gasteiger partial charge in [0.1, 0.15) is 10.7 Å². The molecule has 0 saturated carbocycles. The number of thiazole rings is 1. The summed E-state index contributed by atoms with van der Waals surface area (Å²) in [5, 5.41) is 16.8. The Kier molecular flexibility index (Phi) is 5.08. The van der Waals surface area contributed by atoms with Gasteiger partial charge in [0.2, 0.25) is 20.3 Å². The fraction of sp³-hybridized carbons (Fsp3) is 0.0625. The molecule has 0 spiro atoms. The van der Waals surface area contributed by atoms with Crippen LogP contribution in [0.5, 0.6) is 0 Å². The Balaban J connectivity index is 1.46. The quantitative estimate of drug-likeness (QED) is 0.464. The molecule has 0 bridgehead atoms. The fourth-order valence-corrected chi connectivity index (χ4v) is 4.55. The molecule has 0 aliphatic carbocycles. The molecule has 0 saturated heterocycles. The van der Waals surface area contributed by atoms with E-state index in [1.165, 1.54) is 11.3 Å². The predicted octanol–water partition coefficient (Wildman–Crippen LogP) is 2.47. The van der Waals surface area contributed by atoms with Gasteiger partial charge in [-0.3, -0.25) is 14.8 Å². The third kappa shape index (κ3) is 4.64. The van der Waals surface area contributed by atoms with Crippen LogP contribution >= 0.6 is 22.7 Å². The monoisotopic (exact) mass is 447 g/mol. The van der Waals surface area contributed by atoms with Crippen LogP contribution < -0.4 is 10.0 Å². The molecule has 0 aliphatic heterocycles. The number of rotatable bonds is 6. The van der Waals surface area contributed by atoms with Gasteiger partial charge in [0, 0.05) is 17.1 Å². The Hall–Kier alpha value is -3.16. The highest BCUT2D eigenvalue weighted by molar-refractivity contribution is 7.92. The van der Waals surface area contributed by atoms with Crippen molar-refractivity contribution >= 4 is 48.9 Å². The molecular weight excluding hydrogens is 434 g/mol. The first-order valence-electron chi connectivity index (χ1n) is 8.06. The molecule has 29 heavy (non-hydrogen) atoms. The fourth-order valence-electron chi connectivity index (χ4n) is 2.30. The second-order valence-corrected chi connectivity index (χ2v) is 9.37. The number of hydrogen-bond donors (Lipinski definition) is 2. The van der Waals surface area contributed by atoms with E-state index >= 15 is 0 Å². The van der Waals surface area contributed by atoms with Crippen molar-refractivity contribution in [1.82, 2.24) is 25.0 Å². The molecule has 0 atom stereocenters. The van der Waals surface area contributed by atoms with E-state index in [1.807, 2.05) is 36.5 Å². The zero-order chi connectivity index (χ0) is 20.4. The Bertz CT molecular complexity index is 1260. The number of amides is 1. The largest absolute Gasteiger partial charge is 0.295 e. The summed E-state index contributed by atoms with van der Waals surface area (Å²) < 4.78 is 26.3. The molecule has 0 radical (unpaired) electrons. The Morgan fingerprint density at radius 3 is 2.66 bits per heavy atom. The van der Waals surface area contributed by atoms with E-state index in [4.69, 9.17) is 0 Å². The van der Waals surface area contributed by atoms with Crippen LogP contribution in [0.4, 0.5) is 10.3 Å². The number of carbonyl (C=O) groups is 1. The highest BCUT2D eigenvalue weighted by atomic mass is 32.2. The Morgan fingerprint density at radius 1 is 1.14 bits per heavy atom. The Labute approximate surface area is 173 Å². The predicted molar refractivity (Wildman–Crippen MR) is 111 cm³/mol. The van der Waals surface area contributed by atoms with Gasteiger partial charge in [0.05, 0.1) is 18.1 Å². The maximum atomic E-state index is 12.4. The maximum absolute atomic E-state index is 12.4. The van der Waals surface area contributed by atoms with Crippen molar-refractivity contribution in [3.63, 3.8) is 0 Å². The molecule has 4 rings (SSSR count). The van der Waals surface area contributed by atoms with Crippen molar-refractivity contribution in [1.29, 1.82) is 0 Å². The van der Waals surface area contributed by atoms with E-state index in [-0.39, 0.29) is 16.0 Å². The van der Waals surface area contributed by atoms with E-state index in [9.17, 15) is 13.2 Å². The highest BCUT2D eigenvalue weighted by Gasteiger charge is 2.16. The number of hydrogen-bond acceptors (Lipinski definition) is 9. The molecule has 3 heterocycles. The maximum Gasteiger partial charge on any atom is 0.276 e. The van der Waals surface area contributed by atoms with Crippen LogP contribution in [0.2, 0.25) is 0 Å². The van der Waals surface area contributed by atoms with Crippen molar-refractivity contribution in [3.8, 4) is 16.3 Å². The van der Waals surface area contributed by atoms with Crippen LogP contribution in [0.3, 0.4) is 0 Å². The van der Waals surface area contributed by atoms with Gasteiger partial charge in [-0.25, -0.2) is 18.1 Å². The average molecular weight is 448 g/mol. The van der Waals surface area contributed by atoms with Crippen LogP contribution in [0.15, 0.2) is 48.1 Å². The topological polar surface area (TPSA) is 132 Å². The minimum absolute atomic E-state index is 0.0649. The number of nitrogens with one attached hydrogen (secondary N) is 2. The van der Waals surface area contributed by atoms with Crippen molar-refractivity contribution in [2.45, 2.75) is 0 Å². The second-order valence-electron chi connectivity index (χ2n) is 5.79. The molecular formula is C16H13N7O3S3. The van der Waals surface area contributed by atoms with Crippen LogP contribution in [0, 0.1) is 0 Å². The molecule has 2 N–H and O–H groups in total. The Morgan fingerprint density at radius 2 is 1.90 bits per heavy atom. The van der Waals surface area contributed by atoms with E-state index in [0.717, 1.165) is 28.8 Å². The van der Waals surface area contributed by atoms with Crippen LogP contribution in [0.1, 0.15) is 10.5 Å². The minimum Gasteiger partial charge on any atom is -0.295 e. The lowest BCUT2D eigenvalue weighted by atomic mass is 10.3. The third-order valence-electron chi connectivity index (χ3n) is 3.51. The van der Waals surface area contributed by atoms with Crippen molar-refractivity contribution < 1.29 is 13.2 Å². The van der Waals surface area contributed by atoms with Crippen molar-refractivity contribution in [3.05, 3.63) is 53.8 Å². The summed E-state index contributed by atoms with van der Waals surface area (Å²) in [6.45, 7) is 0. The third-order valence-corrected chi connectivity index (χ3v) is 5.84. The summed E-state index contributed by atoms with van der Waals surface area (Å²) in [4.78, 5) is 16.7. The standard InChI is InChI=1S/C16H13N7O3S3/c1-29(25,26)22-16-21-20-15(28-16)19-13(24)12-9-27-14(18-12)10-7-17-23(8-10)11-5-3-2-4-6-11/h2-9H,1H3,(H,21,22)(H,19,20,24). The van der Waals surface area contributed by atoms with Gasteiger partial charge in [-0.1, -0.05) is 29.5 Å². The van der Waals surface area contributed by atoms with E-state index in [0.29, 0.717) is 5.01 Å². The molecule has 13 heteroatoms. The molecule has 4 aromatic rings. The number of anilines is 2. The van der Waals surface area contributed by atoms with Crippen LogP contribution in [-0.2, 0) is 10.0 Å². The first-order chi connectivity index (χ1) is 13.9. The SMILES string of the molecule is CS(=O)(=O)Nc1nnc(NC(=O)c2csc(-c3cnn(-c4ccccc4)c3)n2)s1. The van der Waals surface area contributed by atoms with E-state index in [2.05, 4.69) is 30.3 Å². The molecule has 148 valence electrons. The minimum atomic E-state index is -3.46. The van der Waals surface area contributed by atoms with Crippen LogP contribution in [0.25, 0.3) is 16.3 Å². The summed E-state index contributed by atoms with van der Waals surface area (Å²) >= 11 is 2.22. The zero-order valence-electron chi connectivity index (χ0n) is 14.8. The number of benzene rings is 1. The lowest BCUT2D eigenvalue weighted by Crippen LogP contribution is -2.12. The molecule has 1 aromatic carbocycles. The van der Waals surface area contributed by atoms with Gasteiger partial charge in [0.25, 0.3) is 5.91 Å². The molecule has 0 fully saturated rings. The van der Waals surface area contributed by atoms with Crippen molar-refractivity contribution in [2.24, 2.45) is 0 Å². The molecule has 0 unspecified atom stereocenters. The smallest absolute Gasteiger partial charge is 0.276 e. The van der Waals surface area contributed by atoms with E-state index in [1.54, 1.807) is 16.3 Å². The zero-order valence-corrected chi connectivity index (χ0v) is 17.3. The summed E-state index contributed by atoms with van der Waals surface area (Å²) in [6, 6.07) is 9.65. The second kappa shape index (κ2) is 7.69. The number of carbonyl (C=O) groups excluding carboxylic acids is 1. The first kappa shape index (κ1) is 19.2. The average Bonchev–Trinajstić information content (AvgIpc) is 3.41. The lowest BCUT2D eigenvalue weighted by Gasteiger charge is -1.98. The summed E-state index contributed by atoms with van der Waals surface area (Å²) in [6.07, 6.45) is 4.52. The lowest BCUT2D eigenvalue weighted by molar-refractivity contribution is 0.102. The molecule has 3 aromatic heterocycles. The number of sulfonamides is 1. The van der Waals surface area contributed by atoms with Gasteiger partial charge in [0.15, 0.2) is 0 Å². The normalized spacial score (nSPS) is 11.3. The summed E-state index contributed by atoms with van der Waals surface area (Å²) in [5.74, 6) is -0.468. The van der Waals surface area contributed by atoms with Crippen molar-refractivity contribution in [2.75, 3.05) is 16.3 Å². The number of para-hydroxylation sites is 1. The van der Waals surface area contributed by atoms with Gasteiger partial charge < -0.3 is 0 Å². The molecule has 1 amide bonds. The van der Waals surface area contributed by atoms with Gasteiger partial charge in [-0.05, 0) is 12.1 Å². The summed E-state index contributed by atoms with van der Waals surface area (Å²) in [5.41, 5.74) is 1.92. The number of aromatic nitrogens is 5. The molecule has 0 aliphatic rings. The van der Waals surface area contributed by atoms with Gasteiger partial charge in [-0.15, -0.1) is 21.5 Å². The molecule has 10 nitrogen and oxygen atoms in total. The number of nitrogens with zero attached hydrogens (tertiary/aromatic N) is 5. The van der Waals surface area contributed by atoms with Gasteiger partial charge in [-0.2, -0.15) is 5.10 Å². The van der Waals surface area contributed by atoms with Crippen LogP contribution in [-0.4, -0.2) is 45.5 Å². The van der Waals surface area contributed by atoms with Gasteiger partial charge >= 0.3 is 0 Å². The highest BCUT2D eigenvalue weighted by Crippen LogP contribution is 2.26. The first-order valence-corrected chi connectivity index (χ1v) is 11.6. The summed E-state index contributed by atoms with van der Waals surface area (Å²) in [7, 11) is -3.46.